The Morgan fingerprint density at radius 1 is 1.59 bits per heavy atom. The Balaban J connectivity index is 2.10. The van der Waals surface area contributed by atoms with Gasteiger partial charge in [0, 0.05) is 7.05 Å². The second-order valence-corrected chi connectivity index (χ2v) is 5.04. The summed E-state index contributed by atoms with van der Waals surface area (Å²) in [5.74, 6) is 1.17. The fourth-order valence-corrected chi connectivity index (χ4v) is 2.54. The molecule has 1 aliphatic heterocycles. The molecule has 0 bridgehead atoms. The van der Waals surface area contributed by atoms with Crippen LogP contribution in [0.4, 0.5) is 0 Å². The molecule has 1 fully saturated rings. The number of carbonyl (C=O) groups excluding carboxylic acids is 1. The lowest BCUT2D eigenvalue weighted by atomic mass is 9.99. The maximum absolute atomic E-state index is 11.6. The molecule has 5 heteroatoms. The zero-order valence-electron chi connectivity index (χ0n) is 10.3. The van der Waals surface area contributed by atoms with Gasteiger partial charge in [0.2, 0.25) is 0 Å². The Kier molecular flexibility index (Phi) is 3.84. The monoisotopic (exact) mass is 255 g/mol. The minimum atomic E-state index is 0.0548. The number of Topliss-reactive ketones (excluding diaryl/α,β-unsaturated/α-hetero) is 1. The Hall–Kier alpha value is -0.870. The van der Waals surface area contributed by atoms with Crippen molar-refractivity contribution in [3.8, 4) is 0 Å². The highest BCUT2D eigenvalue weighted by atomic mass is 35.5. The van der Waals surface area contributed by atoms with E-state index in [0.717, 1.165) is 31.6 Å². The van der Waals surface area contributed by atoms with E-state index >= 15 is 0 Å². The fraction of sp³-hybridized carbons (Fsp3) is 0.667. The predicted octanol–water partition coefficient (Wildman–Crippen LogP) is 2.02. The van der Waals surface area contributed by atoms with E-state index in [0.29, 0.717) is 11.7 Å². The molecule has 1 aromatic heterocycles. The maximum Gasteiger partial charge on any atom is 0.146 e. The maximum atomic E-state index is 11.6. The van der Waals surface area contributed by atoms with Crippen LogP contribution < -0.4 is 0 Å². The summed E-state index contributed by atoms with van der Waals surface area (Å²) in [4.78, 5) is 18.1. The number of piperidine rings is 1. The highest BCUT2D eigenvalue weighted by Gasteiger charge is 2.26. The first-order valence-corrected chi connectivity index (χ1v) is 6.38. The first-order chi connectivity index (χ1) is 8.09. The molecular weight excluding hydrogens is 238 g/mol. The third kappa shape index (κ3) is 2.69. The molecule has 0 aromatic carbocycles. The minimum absolute atomic E-state index is 0.0548. The second kappa shape index (κ2) is 5.19. The van der Waals surface area contributed by atoms with Crippen LogP contribution in [0.1, 0.15) is 32.0 Å². The zero-order chi connectivity index (χ0) is 12.4. The van der Waals surface area contributed by atoms with Gasteiger partial charge in [-0.3, -0.25) is 9.69 Å². The molecule has 1 aliphatic rings. The summed E-state index contributed by atoms with van der Waals surface area (Å²) in [6.45, 7) is 3.34. The number of hydrogen-bond acceptors (Lipinski definition) is 3. The van der Waals surface area contributed by atoms with Crippen molar-refractivity contribution in [1.82, 2.24) is 14.5 Å². The molecule has 94 valence electrons. The number of imidazole rings is 1. The molecule has 0 amide bonds. The number of nitrogens with zero attached hydrogens (tertiary/aromatic N) is 3. The molecule has 1 unspecified atom stereocenters. The number of halogens is 1. The molecule has 0 aliphatic carbocycles. The largest absolute Gasteiger partial charge is 0.321 e. The molecule has 4 nitrogen and oxygen atoms in total. The molecule has 2 heterocycles. The topological polar surface area (TPSA) is 38.1 Å². The van der Waals surface area contributed by atoms with Crippen LogP contribution in [0.2, 0.25) is 5.15 Å². The number of likely N-dealkylation sites (tertiary alicyclic amines) is 1. The molecule has 0 radical (unpaired) electrons. The van der Waals surface area contributed by atoms with Gasteiger partial charge in [0.1, 0.15) is 16.8 Å². The SMILES string of the molecule is CC(=O)C1CCCCN1Cc1ncc(Cl)n1C. The Morgan fingerprint density at radius 2 is 2.35 bits per heavy atom. The van der Waals surface area contributed by atoms with Crippen LogP contribution in [0.25, 0.3) is 0 Å². The van der Waals surface area contributed by atoms with Crippen molar-refractivity contribution >= 4 is 17.4 Å². The van der Waals surface area contributed by atoms with E-state index in [1.165, 1.54) is 0 Å². The van der Waals surface area contributed by atoms with Crippen molar-refractivity contribution in [2.24, 2.45) is 7.05 Å². The van der Waals surface area contributed by atoms with E-state index in [1.807, 2.05) is 11.6 Å². The van der Waals surface area contributed by atoms with Crippen molar-refractivity contribution in [2.75, 3.05) is 6.54 Å². The molecule has 2 rings (SSSR count). The van der Waals surface area contributed by atoms with E-state index in [1.54, 1.807) is 13.1 Å². The van der Waals surface area contributed by atoms with Gasteiger partial charge in [-0.25, -0.2) is 4.98 Å². The molecule has 1 aromatic rings. The molecule has 0 saturated carbocycles. The molecular formula is C12H18ClN3O. The van der Waals surface area contributed by atoms with Crippen molar-refractivity contribution in [2.45, 2.75) is 38.8 Å². The third-order valence-corrected chi connectivity index (χ3v) is 3.81. The van der Waals surface area contributed by atoms with E-state index in [-0.39, 0.29) is 11.8 Å². The summed E-state index contributed by atoms with van der Waals surface area (Å²) in [6.07, 6.45) is 4.92. The first-order valence-electron chi connectivity index (χ1n) is 6.00. The van der Waals surface area contributed by atoms with Crippen molar-refractivity contribution in [3.05, 3.63) is 17.2 Å². The van der Waals surface area contributed by atoms with Crippen LogP contribution >= 0.6 is 11.6 Å². The van der Waals surface area contributed by atoms with Gasteiger partial charge in [0.25, 0.3) is 0 Å². The molecule has 1 atom stereocenters. The highest BCUT2D eigenvalue weighted by molar-refractivity contribution is 6.29. The molecule has 0 spiro atoms. The summed E-state index contributed by atoms with van der Waals surface area (Å²) >= 11 is 5.96. The lowest BCUT2D eigenvalue weighted by Crippen LogP contribution is -2.43. The smallest absolute Gasteiger partial charge is 0.146 e. The standard InChI is InChI=1S/C12H18ClN3O/c1-9(17)10-5-3-4-6-16(10)8-12-14-7-11(13)15(12)2/h7,10H,3-6,8H2,1-2H3. The Labute approximate surface area is 107 Å². The summed E-state index contributed by atoms with van der Waals surface area (Å²) in [5, 5.41) is 0.636. The fourth-order valence-electron chi connectivity index (χ4n) is 2.39. The number of aromatic nitrogens is 2. The summed E-state index contributed by atoms with van der Waals surface area (Å²) in [6, 6.07) is 0.0548. The lowest BCUT2D eigenvalue weighted by Gasteiger charge is -2.33. The summed E-state index contributed by atoms with van der Waals surface area (Å²) in [7, 11) is 1.90. The number of hydrogen-bond donors (Lipinski definition) is 0. The summed E-state index contributed by atoms with van der Waals surface area (Å²) < 4.78 is 1.87. The van der Waals surface area contributed by atoms with Crippen LogP contribution in [0.5, 0.6) is 0 Å². The van der Waals surface area contributed by atoms with Crippen LogP contribution in [0, 0.1) is 0 Å². The quantitative estimate of drug-likeness (QED) is 0.829. The highest BCUT2D eigenvalue weighted by Crippen LogP contribution is 2.20. The van der Waals surface area contributed by atoms with Gasteiger partial charge < -0.3 is 4.57 Å². The van der Waals surface area contributed by atoms with Crippen LogP contribution in [-0.4, -0.2) is 32.8 Å². The van der Waals surface area contributed by atoms with E-state index in [2.05, 4.69) is 9.88 Å². The van der Waals surface area contributed by atoms with Crippen LogP contribution in [-0.2, 0) is 18.4 Å². The average Bonchev–Trinajstić information content (AvgIpc) is 2.61. The Bertz CT molecular complexity index is 416. The predicted molar refractivity (Wildman–Crippen MR) is 66.9 cm³/mol. The molecule has 17 heavy (non-hydrogen) atoms. The van der Waals surface area contributed by atoms with Crippen LogP contribution in [0.15, 0.2) is 6.20 Å². The first kappa shape index (κ1) is 12.6. The van der Waals surface area contributed by atoms with Crippen molar-refractivity contribution in [1.29, 1.82) is 0 Å². The number of ketones is 1. The van der Waals surface area contributed by atoms with Gasteiger partial charge >= 0.3 is 0 Å². The average molecular weight is 256 g/mol. The van der Waals surface area contributed by atoms with E-state index < -0.39 is 0 Å². The van der Waals surface area contributed by atoms with Crippen molar-refractivity contribution in [3.63, 3.8) is 0 Å². The minimum Gasteiger partial charge on any atom is -0.321 e. The van der Waals surface area contributed by atoms with Gasteiger partial charge in [-0.1, -0.05) is 18.0 Å². The third-order valence-electron chi connectivity index (χ3n) is 3.46. The van der Waals surface area contributed by atoms with Gasteiger partial charge in [-0.15, -0.1) is 0 Å². The second-order valence-electron chi connectivity index (χ2n) is 4.65. The Morgan fingerprint density at radius 3 is 2.94 bits per heavy atom. The van der Waals surface area contributed by atoms with E-state index in [4.69, 9.17) is 11.6 Å². The van der Waals surface area contributed by atoms with Gasteiger partial charge in [0.05, 0.1) is 18.8 Å². The van der Waals surface area contributed by atoms with E-state index in [9.17, 15) is 4.79 Å². The molecule has 0 N–H and O–H groups in total. The van der Waals surface area contributed by atoms with Gasteiger partial charge in [-0.05, 0) is 26.3 Å². The zero-order valence-corrected chi connectivity index (χ0v) is 11.1. The van der Waals surface area contributed by atoms with Crippen LogP contribution in [0.3, 0.4) is 0 Å². The van der Waals surface area contributed by atoms with Gasteiger partial charge in [-0.2, -0.15) is 0 Å². The normalized spacial score (nSPS) is 21.7. The summed E-state index contributed by atoms with van der Waals surface area (Å²) in [5.41, 5.74) is 0. The van der Waals surface area contributed by atoms with Crippen molar-refractivity contribution < 1.29 is 4.79 Å². The molecule has 1 saturated heterocycles. The number of carbonyl (C=O) groups is 1. The lowest BCUT2D eigenvalue weighted by molar-refractivity contribution is -0.123. The van der Waals surface area contributed by atoms with Gasteiger partial charge in [0.15, 0.2) is 0 Å². The number of rotatable bonds is 3.